The molecule has 62 valence electrons. The van der Waals surface area contributed by atoms with E-state index in [0.717, 1.165) is 0 Å². The lowest BCUT2D eigenvalue weighted by Gasteiger charge is -1.94. The highest BCUT2D eigenvalue weighted by atomic mass is 16.4. The normalized spacial score (nSPS) is 14.1. The Labute approximate surface area is 62.8 Å². The number of nitrogens with zero attached hydrogens (tertiary/aromatic N) is 1. The number of amidine groups is 1. The van der Waals surface area contributed by atoms with Crippen molar-refractivity contribution in [2.24, 2.45) is 16.5 Å². The molecule has 6 N–H and O–H groups in total. The third kappa shape index (κ3) is 3.09. The number of nitrogens with two attached hydrogens (primary N) is 2. The summed E-state index contributed by atoms with van der Waals surface area (Å²) in [5.41, 5.74) is 9.92. The Morgan fingerprint density at radius 1 is 1.36 bits per heavy atom. The van der Waals surface area contributed by atoms with Crippen LogP contribution in [0.5, 0.6) is 0 Å². The van der Waals surface area contributed by atoms with Crippen LogP contribution in [-0.4, -0.2) is 22.0 Å². The summed E-state index contributed by atoms with van der Waals surface area (Å²) in [6, 6.07) is 0. The maximum absolute atomic E-state index is 10.0. The van der Waals surface area contributed by atoms with Crippen LogP contribution in [0.25, 0.3) is 0 Å². The lowest BCUT2D eigenvalue weighted by Crippen LogP contribution is -2.23. The number of carbonyl (C=O) groups is 1. The first-order valence-electron chi connectivity index (χ1n) is 2.68. The van der Waals surface area contributed by atoms with Crippen molar-refractivity contribution in [3.8, 4) is 0 Å². The van der Waals surface area contributed by atoms with E-state index < -0.39 is 17.7 Å². The van der Waals surface area contributed by atoms with Crippen LogP contribution in [0.1, 0.15) is 6.92 Å². The van der Waals surface area contributed by atoms with Gasteiger partial charge < -0.3 is 21.7 Å². The van der Waals surface area contributed by atoms with Crippen molar-refractivity contribution in [3.63, 3.8) is 0 Å². The maximum atomic E-state index is 10.0. The second kappa shape index (κ2) is 3.45. The van der Waals surface area contributed by atoms with E-state index in [4.69, 9.17) is 21.7 Å². The summed E-state index contributed by atoms with van der Waals surface area (Å²) in [6.45, 7) is 1.37. The molecule has 0 saturated carbocycles. The second-order valence-corrected chi connectivity index (χ2v) is 1.81. The molecular formula is C5H9N3O3. The number of hydrogen-bond acceptors (Lipinski definition) is 4. The first-order chi connectivity index (χ1) is 4.95. The van der Waals surface area contributed by atoms with Crippen molar-refractivity contribution < 1.29 is 15.0 Å². The zero-order valence-electron chi connectivity index (χ0n) is 5.90. The van der Waals surface area contributed by atoms with Crippen molar-refractivity contribution in [2.45, 2.75) is 6.92 Å². The van der Waals surface area contributed by atoms with Gasteiger partial charge in [-0.25, -0.2) is 4.79 Å². The van der Waals surface area contributed by atoms with Crippen LogP contribution >= 0.6 is 0 Å². The molecule has 0 aliphatic rings. The number of aliphatic carboxylic acids is 1. The van der Waals surface area contributed by atoms with Crippen molar-refractivity contribution in [2.75, 3.05) is 0 Å². The van der Waals surface area contributed by atoms with Gasteiger partial charge in [0.25, 0.3) is 0 Å². The van der Waals surface area contributed by atoms with E-state index in [1.165, 1.54) is 6.92 Å². The highest BCUT2D eigenvalue weighted by Gasteiger charge is 2.03. The van der Waals surface area contributed by atoms with Crippen molar-refractivity contribution >= 4 is 11.8 Å². The molecule has 6 nitrogen and oxygen atoms in total. The molecule has 11 heavy (non-hydrogen) atoms. The Balaban J connectivity index is 4.58. The quantitative estimate of drug-likeness (QED) is 0.225. The third-order valence-corrected chi connectivity index (χ3v) is 0.798. The maximum Gasteiger partial charge on any atom is 0.371 e. The smallest absolute Gasteiger partial charge is 0.371 e. The van der Waals surface area contributed by atoms with Gasteiger partial charge in [0.2, 0.25) is 11.7 Å². The summed E-state index contributed by atoms with van der Waals surface area (Å²) >= 11 is 0. The van der Waals surface area contributed by atoms with E-state index in [1.807, 2.05) is 0 Å². The minimum atomic E-state index is -1.40. The lowest BCUT2D eigenvalue weighted by molar-refractivity contribution is -0.129. The van der Waals surface area contributed by atoms with Crippen LogP contribution in [0.15, 0.2) is 16.6 Å². The molecule has 0 unspecified atom stereocenters. The van der Waals surface area contributed by atoms with Crippen molar-refractivity contribution in [1.82, 2.24) is 0 Å². The summed E-state index contributed by atoms with van der Waals surface area (Å²) in [7, 11) is 0. The first kappa shape index (κ1) is 9.28. The molecule has 0 aromatic rings. The van der Waals surface area contributed by atoms with Crippen molar-refractivity contribution in [3.05, 3.63) is 11.6 Å². The summed E-state index contributed by atoms with van der Waals surface area (Å²) in [4.78, 5) is 13.1. The molecule has 0 saturated heterocycles. The van der Waals surface area contributed by atoms with E-state index in [9.17, 15) is 4.79 Å². The van der Waals surface area contributed by atoms with Crippen LogP contribution in [-0.2, 0) is 4.79 Å². The zero-order chi connectivity index (χ0) is 9.02. The van der Waals surface area contributed by atoms with Gasteiger partial charge in [-0.3, -0.25) is 0 Å². The third-order valence-electron chi connectivity index (χ3n) is 0.798. The molecule has 0 bridgehead atoms. The van der Waals surface area contributed by atoms with Gasteiger partial charge in [0.05, 0.1) is 5.70 Å². The summed E-state index contributed by atoms with van der Waals surface area (Å²) < 4.78 is 0. The monoisotopic (exact) mass is 159 g/mol. The molecule has 0 amide bonds. The topological polar surface area (TPSA) is 122 Å². The number of rotatable bonds is 1. The Bertz CT molecular complexity index is 227. The molecule has 0 radical (unpaired) electrons. The Morgan fingerprint density at radius 3 is 2.09 bits per heavy atom. The van der Waals surface area contributed by atoms with E-state index in [0.29, 0.717) is 0 Å². The molecule has 0 rings (SSSR count). The largest absolute Gasteiger partial charge is 0.492 e. The van der Waals surface area contributed by atoms with Gasteiger partial charge in [0.15, 0.2) is 0 Å². The molecule has 0 fully saturated rings. The molecule has 0 aromatic carbocycles. The predicted octanol–water partition coefficient (Wildman–Crippen LogP) is -0.866. The van der Waals surface area contributed by atoms with E-state index in [2.05, 4.69) is 4.99 Å². The molecule has 0 aliphatic carbocycles. The molecule has 6 heteroatoms. The second-order valence-electron chi connectivity index (χ2n) is 1.81. The van der Waals surface area contributed by atoms with Gasteiger partial charge in [-0.2, -0.15) is 4.99 Å². The molecule has 0 spiro atoms. The van der Waals surface area contributed by atoms with Crippen LogP contribution in [0.2, 0.25) is 0 Å². The number of aliphatic imine (C=N–C) groups is 1. The average Bonchev–Trinajstić information content (AvgIpc) is 1.87. The average molecular weight is 159 g/mol. The first-order valence-corrected chi connectivity index (χ1v) is 2.68. The molecule has 0 atom stereocenters. The molecule has 0 aromatic heterocycles. The van der Waals surface area contributed by atoms with Gasteiger partial charge in [-0.1, -0.05) is 0 Å². The number of aliphatic hydroxyl groups is 1. The van der Waals surface area contributed by atoms with E-state index in [-0.39, 0.29) is 5.70 Å². The number of aliphatic hydroxyl groups excluding tert-OH is 1. The van der Waals surface area contributed by atoms with Crippen LogP contribution in [0, 0.1) is 0 Å². The van der Waals surface area contributed by atoms with Gasteiger partial charge in [0.1, 0.15) is 0 Å². The number of allylic oxidation sites excluding steroid dienone is 1. The number of carboxylic acid groups (broad SMARTS) is 1. The van der Waals surface area contributed by atoms with Crippen LogP contribution in [0.3, 0.4) is 0 Å². The predicted molar refractivity (Wildman–Crippen MR) is 38.8 cm³/mol. The number of hydrogen-bond donors (Lipinski definition) is 4. The molecule has 0 heterocycles. The van der Waals surface area contributed by atoms with E-state index in [1.54, 1.807) is 0 Å². The molecular weight excluding hydrogens is 150 g/mol. The summed E-state index contributed by atoms with van der Waals surface area (Å²) in [5.74, 6) is -2.69. The minimum absolute atomic E-state index is 0.00852. The summed E-state index contributed by atoms with van der Waals surface area (Å²) in [6.07, 6.45) is 0. The van der Waals surface area contributed by atoms with Crippen molar-refractivity contribution in [1.29, 1.82) is 0 Å². The van der Waals surface area contributed by atoms with Crippen LogP contribution in [0.4, 0.5) is 0 Å². The van der Waals surface area contributed by atoms with Crippen LogP contribution < -0.4 is 11.5 Å². The standard InChI is InChI=1S/C5H9N3O3/c1-2(6)4(9)8-3(7)5(10)11/h9H,6H2,1H3,(H2,7,8)(H,10,11)/b4-2+. The van der Waals surface area contributed by atoms with Gasteiger partial charge in [-0.05, 0) is 6.92 Å². The Hall–Kier alpha value is -1.72. The molecule has 0 aliphatic heterocycles. The minimum Gasteiger partial charge on any atom is -0.492 e. The Kier molecular flexibility index (Phi) is 2.91. The lowest BCUT2D eigenvalue weighted by atomic mass is 10.5. The highest BCUT2D eigenvalue weighted by Crippen LogP contribution is 1.93. The van der Waals surface area contributed by atoms with E-state index >= 15 is 0 Å². The summed E-state index contributed by atoms with van der Waals surface area (Å²) in [5, 5.41) is 17.0. The Morgan fingerprint density at radius 2 is 1.82 bits per heavy atom. The zero-order valence-corrected chi connectivity index (χ0v) is 5.90. The van der Waals surface area contributed by atoms with Gasteiger partial charge in [0, 0.05) is 0 Å². The highest BCUT2D eigenvalue weighted by molar-refractivity contribution is 6.33. The fourth-order valence-corrected chi connectivity index (χ4v) is 0.250. The number of carboxylic acids is 1. The fourth-order valence-electron chi connectivity index (χ4n) is 0.250. The SMILES string of the molecule is C/C(N)=C(O)/N=C(\N)C(=O)O. The van der Waals surface area contributed by atoms with Gasteiger partial charge >= 0.3 is 5.97 Å². The van der Waals surface area contributed by atoms with Gasteiger partial charge in [-0.15, -0.1) is 0 Å². The fraction of sp³-hybridized carbons (Fsp3) is 0.200.